The van der Waals surface area contributed by atoms with Crippen molar-refractivity contribution < 1.29 is 14.4 Å². The standard InChI is InChI=1S/C27H40N4O3/c1-20(2)12-15-27(25(33)31(26(34)29-27)19-23-9-5-6-16-28-23)22-13-17-30(18-14-22)24(32)11-10-21-7-3-4-8-21/h5-6,9,16,20-22H,3-4,7-8,10-15,17-19H2,1-2H3,(H,29,34). The summed E-state index contributed by atoms with van der Waals surface area (Å²) in [6, 6.07) is 5.20. The van der Waals surface area contributed by atoms with Gasteiger partial charge in [-0.1, -0.05) is 45.6 Å². The third-order valence-corrected chi connectivity index (χ3v) is 8.15. The first-order valence-corrected chi connectivity index (χ1v) is 13.2. The van der Waals surface area contributed by atoms with E-state index in [9.17, 15) is 14.4 Å². The van der Waals surface area contributed by atoms with Gasteiger partial charge in [0, 0.05) is 25.7 Å². The summed E-state index contributed by atoms with van der Waals surface area (Å²) in [6.07, 6.45) is 11.5. The summed E-state index contributed by atoms with van der Waals surface area (Å²) in [5.41, 5.74) is -0.178. The van der Waals surface area contributed by atoms with E-state index in [0.29, 0.717) is 37.5 Å². The van der Waals surface area contributed by atoms with E-state index in [1.54, 1.807) is 6.20 Å². The van der Waals surface area contributed by atoms with Gasteiger partial charge in [0.05, 0.1) is 12.2 Å². The fourth-order valence-electron chi connectivity index (χ4n) is 6.02. The molecule has 1 aliphatic carbocycles. The fraction of sp³-hybridized carbons (Fsp3) is 0.704. The summed E-state index contributed by atoms with van der Waals surface area (Å²) < 4.78 is 0. The molecule has 4 amide bonds. The Bertz CT molecular complexity index is 860. The maximum Gasteiger partial charge on any atom is 0.325 e. The third-order valence-electron chi connectivity index (χ3n) is 8.15. The third kappa shape index (κ3) is 5.44. The van der Waals surface area contributed by atoms with Crippen LogP contribution in [0.5, 0.6) is 0 Å². The molecule has 2 saturated heterocycles. The van der Waals surface area contributed by atoms with Gasteiger partial charge in [0.1, 0.15) is 5.54 Å². The van der Waals surface area contributed by atoms with Crippen LogP contribution in [0.15, 0.2) is 24.4 Å². The molecular formula is C27H40N4O3. The van der Waals surface area contributed by atoms with Crippen LogP contribution < -0.4 is 5.32 Å². The number of piperidine rings is 1. The summed E-state index contributed by atoms with van der Waals surface area (Å²) in [7, 11) is 0. The van der Waals surface area contributed by atoms with Gasteiger partial charge in [-0.2, -0.15) is 0 Å². The highest BCUT2D eigenvalue weighted by Crippen LogP contribution is 2.38. The highest BCUT2D eigenvalue weighted by Gasteiger charge is 2.55. The van der Waals surface area contributed by atoms with Crippen LogP contribution in [0.4, 0.5) is 4.79 Å². The number of carbonyl (C=O) groups is 3. The van der Waals surface area contributed by atoms with Crippen LogP contribution in [0.2, 0.25) is 0 Å². The van der Waals surface area contributed by atoms with Gasteiger partial charge in [-0.15, -0.1) is 0 Å². The molecule has 3 heterocycles. The Balaban J connectivity index is 1.41. The van der Waals surface area contributed by atoms with Gasteiger partial charge in [-0.25, -0.2) is 4.79 Å². The van der Waals surface area contributed by atoms with Crippen molar-refractivity contribution in [2.75, 3.05) is 13.1 Å². The van der Waals surface area contributed by atoms with Crippen LogP contribution in [0.1, 0.15) is 83.7 Å². The molecule has 7 heteroatoms. The highest BCUT2D eigenvalue weighted by atomic mass is 16.2. The van der Waals surface area contributed by atoms with Gasteiger partial charge >= 0.3 is 6.03 Å². The minimum absolute atomic E-state index is 0.0373. The zero-order valence-corrected chi connectivity index (χ0v) is 20.8. The maximum absolute atomic E-state index is 13.8. The topological polar surface area (TPSA) is 82.6 Å². The predicted octanol–water partition coefficient (Wildman–Crippen LogP) is 4.52. The van der Waals surface area contributed by atoms with Crippen LogP contribution in [-0.4, -0.2) is 51.3 Å². The van der Waals surface area contributed by atoms with E-state index in [2.05, 4.69) is 24.1 Å². The number of hydrogen-bond acceptors (Lipinski definition) is 4. The molecule has 0 aromatic carbocycles. The number of hydrogen-bond donors (Lipinski definition) is 1. The van der Waals surface area contributed by atoms with Crippen molar-refractivity contribution in [2.24, 2.45) is 17.8 Å². The molecule has 1 N–H and O–H groups in total. The average Bonchev–Trinajstić information content (AvgIpc) is 3.45. The second kappa shape index (κ2) is 10.9. The zero-order valence-electron chi connectivity index (χ0n) is 20.8. The average molecular weight is 469 g/mol. The van der Waals surface area contributed by atoms with E-state index in [1.165, 1.54) is 30.6 Å². The van der Waals surface area contributed by atoms with Gasteiger partial charge in [-0.3, -0.25) is 19.5 Å². The summed E-state index contributed by atoms with van der Waals surface area (Å²) in [4.78, 5) is 47.2. The van der Waals surface area contributed by atoms with Crippen molar-refractivity contribution in [2.45, 2.75) is 90.1 Å². The number of likely N-dealkylation sites (tertiary alicyclic amines) is 1. The molecule has 0 spiro atoms. The van der Waals surface area contributed by atoms with E-state index in [0.717, 1.165) is 31.6 Å². The minimum Gasteiger partial charge on any atom is -0.343 e. The Morgan fingerprint density at radius 2 is 1.88 bits per heavy atom. The van der Waals surface area contributed by atoms with E-state index >= 15 is 0 Å². The monoisotopic (exact) mass is 468 g/mol. The van der Waals surface area contributed by atoms with Crippen molar-refractivity contribution in [1.29, 1.82) is 0 Å². The smallest absolute Gasteiger partial charge is 0.325 e. The largest absolute Gasteiger partial charge is 0.343 e. The Kier molecular flexibility index (Phi) is 7.89. The van der Waals surface area contributed by atoms with E-state index in [4.69, 9.17) is 0 Å². The second-order valence-corrected chi connectivity index (χ2v) is 10.9. The molecule has 1 saturated carbocycles. The molecule has 4 rings (SSSR count). The Labute approximate surface area is 203 Å². The Hall–Kier alpha value is -2.44. The van der Waals surface area contributed by atoms with Gasteiger partial charge in [-0.05, 0) is 62.0 Å². The molecule has 1 aromatic heterocycles. The van der Waals surface area contributed by atoms with Gasteiger partial charge in [0.15, 0.2) is 0 Å². The van der Waals surface area contributed by atoms with E-state index in [-0.39, 0.29) is 30.3 Å². The van der Waals surface area contributed by atoms with Crippen molar-refractivity contribution >= 4 is 17.8 Å². The Morgan fingerprint density at radius 3 is 2.53 bits per heavy atom. The lowest BCUT2D eigenvalue weighted by Gasteiger charge is -2.41. The van der Waals surface area contributed by atoms with Crippen LogP contribution in [0.3, 0.4) is 0 Å². The van der Waals surface area contributed by atoms with Crippen LogP contribution in [0.25, 0.3) is 0 Å². The number of carbonyl (C=O) groups excluding carboxylic acids is 3. The number of rotatable bonds is 9. The first kappa shape index (κ1) is 24.7. The Morgan fingerprint density at radius 1 is 1.15 bits per heavy atom. The van der Waals surface area contributed by atoms with Gasteiger partial charge in [0.25, 0.3) is 5.91 Å². The van der Waals surface area contributed by atoms with Crippen molar-refractivity contribution in [3.05, 3.63) is 30.1 Å². The minimum atomic E-state index is -0.880. The van der Waals surface area contributed by atoms with Crippen LogP contribution in [-0.2, 0) is 16.1 Å². The molecule has 34 heavy (non-hydrogen) atoms. The fourth-order valence-corrected chi connectivity index (χ4v) is 6.02. The number of nitrogens with one attached hydrogen (secondary N) is 1. The molecule has 1 atom stereocenters. The number of imide groups is 1. The molecule has 3 fully saturated rings. The molecular weight excluding hydrogens is 428 g/mol. The number of pyridine rings is 1. The molecule has 1 unspecified atom stereocenters. The quantitative estimate of drug-likeness (QED) is 0.540. The van der Waals surface area contributed by atoms with Crippen LogP contribution >= 0.6 is 0 Å². The lowest BCUT2D eigenvalue weighted by molar-refractivity contribution is -0.136. The van der Waals surface area contributed by atoms with E-state index in [1.807, 2.05) is 23.1 Å². The molecule has 0 bridgehead atoms. The first-order valence-electron chi connectivity index (χ1n) is 13.2. The van der Waals surface area contributed by atoms with E-state index < -0.39 is 5.54 Å². The molecule has 7 nitrogen and oxygen atoms in total. The van der Waals surface area contributed by atoms with Gasteiger partial charge in [0.2, 0.25) is 5.91 Å². The molecule has 0 radical (unpaired) electrons. The summed E-state index contributed by atoms with van der Waals surface area (Å²) in [5.74, 6) is 1.31. The lowest BCUT2D eigenvalue weighted by atomic mass is 9.73. The number of urea groups is 1. The zero-order chi connectivity index (χ0) is 24.1. The summed E-state index contributed by atoms with van der Waals surface area (Å²) in [5, 5.41) is 3.13. The lowest BCUT2D eigenvalue weighted by Crippen LogP contribution is -2.56. The molecule has 3 aliphatic rings. The molecule has 1 aromatic rings. The van der Waals surface area contributed by atoms with Crippen LogP contribution in [0, 0.1) is 17.8 Å². The normalized spacial score (nSPS) is 24.3. The van der Waals surface area contributed by atoms with Gasteiger partial charge < -0.3 is 10.2 Å². The maximum atomic E-state index is 13.8. The van der Waals surface area contributed by atoms with Crippen molar-refractivity contribution in [3.63, 3.8) is 0 Å². The number of amides is 4. The number of nitrogens with zero attached hydrogens (tertiary/aromatic N) is 3. The van der Waals surface area contributed by atoms with Crippen molar-refractivity contribution in [3.8, 4) is 0 Å². The van der Waals surface area contributed by atoms with Crippen molar-refractivity contribution in [1.82, 2.24) is 20.1 Å². The first-order chi connectivity index (χ1) is 16.4. The summed E-state index contributed by atoms with van der Waals surface area (Å²) in [6.45, 7) is 5.81. The second-order valence-electron chi connectivity index (χ2n) is 10.9. The molecule has 186 valence electrons. The number of aromatic nitrogens is 1. The highest BCUT2D eigenvalue weighted by molar-refractivity contribution is 6.07. The predicted molar refractivity (Wildman–Crippen MR) is 131 cm³/mol. The molecule has 2 aliphatic heterocycles. The summed E-state index contributed by atoms with van der Waals surface area (Å²) >= 11 is 0. The SMILES string of the molecule is CC(C)CCC1(C2CCN(C(=O)CCC3CCCC3)CC2)NC(=O)N(Cc2ccccn2)C1=O.